The van der Waals surface area contributed by atoms with Gasteiger partial charge in [-0.3, -0.25) is 4.79 Å². The van der Waals surface area contributed by atoms with Crippen LogP contribution in [0.25, 0.3) is 21.9 Å². The number of carbonyl (C=O) groups excluding carboxylic acids is 1. The van der Waals surface area contributed by atoms with Crippen LogP contribution in [0.4, 0.5) is 5.69 Å². The molecule has 1 fully saturated rings. The predicted molar refractivity (Wildman–Crippen MR) is 113 cm³/mol. The van der Waals surface area contributed by atoms with Crippen LogP contribution in [0, 0.1) is 5.92 Å². The van der Waals surface area contributed by atoms with Crippen molar-refractivity contribution in [2.75, 3.05) is 12.4 Å². The fourth-order valence-corrected chi connectivity index (χ4v) is 4.22. The molecule has 2 N–H and O–H groups in total. The number of hydrogen-bond donors (Lipinski definition) is 2. The zero-order valence-electron chi connectivity index (χ0n) is 16.7. The van der Waals surface area contributed by atoms with Crippen LogP contribution >= 0.6 is 0 Å². The van der Waals surface area contributed by atoms with Crippen molar-refractivity contribution in [3.63, 3.8) is 0 Å². The first-order valence-electron chi connectivity index (χ1n) is 10.1. The van der Waals surface area contributed by atoms with Crippen molar-refractivity contribution in [2.24, 2.45) is 5.92 Å². The average Bonchev–Trinajstić information content (AvgIpc) is 3.06. The highest BCUT2D eigenvalue weighted by molar-refractivity contribution is 6.08. The minimum Gasteiger partial charge on any atom is -0.495 e. The topological polar surface area (TPSA) is 63.5 Å². The van der Waals surface area contributed by atoms with Crippen molar-refractivity contribution in [1.29, 1.82) is 0 Å². The average molecular weight is 380 g/mol. The van der Waals surface area contributed by atoms with E-state index in [1.54, 1.807) is 7.11 Å². The van der Waals surface area contributed by atoms with Crippen LogP contribution in [0.1, 0.15) is 39.5 Å². The van der Waals surface area contributed by atoms with E-state index in [1.165, 1.54) is 19.3 Å². The van der Waals surface area contributed by atoms with Gasteiger partial charge in [0.2, 0.25) is 5.91 Å². The number of fused-ring (bicyclic) bond motifs is 3. The lowest BCUT2D eigenvalue weighted by Gasteiger charge is -2.31. The van der Waals surface area contributed by atoms with E-state index in [0.29, 0.717) is 23.4 Å². The summed E-state index contributed by atoms with van der Waals surface area (Å²) < 4.78 is 11.5. The van der Waals surface area contributed by atoms with Crippen LogP contribution in [0.5, 0.6) is 5.75 Å². The van der Waals surface area contributed by atoms with Crippen molar-refractivity contribution in [3.8, 4) is 5.75 Å². The van der Waals surface area contributed by atoms with Crippen molar-refractivity contribution >= 4 is 33.5 Å². The van der Waals surface area contributed by atoms with Crippen molar-refractivity contribution in [2.45, 2.75) is 51.6 Å². The Balaban J connectivity index is 1.56. The number of benzene rings is 2. The maximum Gasteiger partial charge on any atom is 0.241 e. The summed E-state index contributed by atoms with van der Waals surface area (Å²) in [6.45, 7) is 4.18. The van der Waals surface area contributed by atoms with Gasteiger partial charge in [-0.2, -0.15) is 0 Å². The molecule has 0 spiro atoms. The predicted octanol–water partition coefficient (Wildman–Crippen LogP) is 5.09. The summed E-state index contributed by atoms with van der Waals surface area (Å²) in [6, 6.07) is 11.8. The Morgan fingerprint density at radius 2 is 1.93 bits per heavy atom. The summed E-state index contributed by atoms with van der Waals surface area (Å²) >= 11 is 0. The first-order chi connectivity index (χ1) is 13.6. The number of amides is 1. The maximum absolute atomic E-state index is 12.8. The highest BCUT2D eigenvalue weighted by atomic mass is 16.5. The van der Waals surface area contributed by atoms with Crippen LogP contribution < -0.4 is 15.4 Å². The van der Waals surface area contributed by atoms with Gasteiger partial charge >= 0.3 is 0 Å². The van der Waals surface area contributed by atoms with E-state index >= 15 is 0 Å². The second kappa shape index (κ2) is 7.84. The molecule has 1 saturated carbocycles. The Morgan fingerprint density at radius 3 is 2.71 bits per heavy atom. The third-order valence-corrected chi connectivity index (χ3v) is 5.93. The monoisotopic (exact) mass is 380 g/mol. The van der Waals surface area contributed by atoms with Gasteiger partial charge in [0.15, 0.2) is 0 Å². The summed E-state index contributed by atoms with van der Waals surface area (Å²) in [5, 5.41) is 8.54. The molecular formula is C23H28N2O3. The van der Waals surface area contributed by atoms with Crippen molar-refractivity contribution < 1.29 is 13.9 Å². The number of ether oxygens (including phenoxy) is 1. The van der Waals surface area contributed by atoms with Gasteiger partial charge < -0.3 is 19.8 Å². The normalized spacial score (nSPS) is 21.0. The number of carbonyl (C=O) groups is 1. The van der Waals surface area contributed by atoms with E-state index < -0.39 is 0 Å². The van der Waals surface area contributed by atoms with E-state index in [2.05, 4.69) is 17.6 Å². The molecule has 1 heterocycles. The van der Waals surface area contributed by atoms with Gasteiger partial charge in [0.25, 0.3) is 0 Å². The SMILES string of the molecule is COc1cc2c(cc1NC(=O)[C@H](C)N[C@@H]1CCCC[C@@H]1C)oc1ccccc12. The lowest BCUT2D eigenvalue weighted by molar-refractivity contribution is -0.118. The molecule has 148 valence electrons. The highest BCUT2D eigenvalue weighted by Crippen LogP contribution is 2.36. The van der Waals surface area contributed by atoms with Crippen LogP contribution in [0.3, 0.4) is 0 Å². The Morgan fingerprint density at radius 1 is 1.14 bits per heavy atom. The number of methoxy groups -OCH3 is 1. The molecule has 3 atom stereocenters. The van der Waals surface area contributed by atoms with Gasteiger partial charge in [-0.25, -0.2) is 0 Å². The molecular weight excluding hydrogens is 352 g/mol. The van der Waals surface area contributed by atoms with E-state index in [-0.39, 0.29) is 11.9 Å². The molecule has 5 nitrogen and oxygen atoms in total. The smallest absolute Gasteiger partial charge is 0.241 e. The summed E-state index contributed by atoms with van der Waals surface area (Å²) in [7, 11) is 1.62. The third kappa shape index (κ3) is 3.59. The van der Waals surface area contributed by atoms with E-state index in [9.17, 15) is 4.79 Å². The van der Waals surface area contributed by atoms with E-state index in [1.807, 2.05) is 43.3 Å². The highest BCUT2D eigenvalue weighted by Gasteiger charge is 2.25. The minimum atomic E-state index is -0.276. The number of rotatable bonds is 5. The van der Waals surface area contributed by atoms with Crippen LogP contribution in [0.15, 0.2) is 40.8 Å². The Bertz CT molecular complexity index is 994. The maximum atomic E-state index is 12.8. The molecule has 1 amide bonds. The molecule has 1 aliphatic rings. The number of para-hydroxylation sites is 1. The standard InChI is InChI=1S/C23H28N2O3/c1-14-8-4-6-10-18(14)24-15(2)23(26)25-19-13-21-17(12-22(19)27-3)16-9-5-7-11-20(16)28-21/h5,7,9,11-15,18,24H,4,6,8,10H2,1-3H3,(H,25,26)/t14-,15-,18+/m0/s1. The van der Waals surface area contributed by atoms with Gasteiger partial charge in [0, 0.05) is 22.9 Å². The number of anilines is 1. The summed E-state index contributed by atoms with van der Waals surface area (Å²) in [5.41, 5.74) is 2.19. The fourth-order valence-electron chi connectivity index (χ4n) is 4.22. The van der Waals surface area contributed by atoms with Crippen molar-refractivity contribution in [1.82, 2.24) is 5.32 Å². The van der Waals surface area contributed by atoms with Gasteiger partial charge in [0.1, 0.15) is 16.9 Å². The summed E-state index contributed by atoms with van der Waals surface area (Å²) in [6.07, 6.45) is 4.87. The molecule has 0 radical (unpaired) electrons. The van der Waals surface area contributed by atoms with Gasteiger partial charge in [-0.1, -0.05) is 38.0 Å². The molecule has 2 aromatic carbocycles. The Kier molecular flexibility index (Phi) is 5.27. The second-order valence-corrected chi connectivity index (χ2v) is 7.89. The Hall–Kier alpha value is -2.53. The number of nitrogens with one attached hydrogen (secondary N) is 2. The molecule has 0 bridgehead atoms. The molecule has 0 saturated heterocycles. The van der Waals surface area contributed by atoms with Crippen LogP contribution in [-0.2, 0) is 4.79 Å². The molecule has 5 heteroatoms. The Labute approximate surface area is 165 Å². The number of hydrogen-bond acceptors (Lipinski definition) is 4. The van der Waals surface area contributed by atoms with Gasteiger partial charge in [0.05, 0.1) is 18.8 Å². The molecule has 0 aliphatic heterocycles. The first-order valence-corrected chi connectivity index (χ1v) is 10.1. The zero-order valence-corrected chi connectivity index (χ0v) is 16.7. The largest absolute Gasteiger partial charge is 0.495 e. The minimum absolute atomic E-state index is 0.0634. The van der Waals surface area contributed by atoms with E-state index in [4.69, 9.17) is 9.15 Å². The molecule has 3 aromatic rings. The number of furan rings is 1. The van der Waals surface area contributed by atoms with Crippen LogP contribution in [-0.4, -0.2) is 25.1 Å². The third-order valence-electron chi connectivity index (χ3n) is 5.93. The van der Waals surface area contributed by atoms with E-state index in [0.717, 1.165) is 28.4 Å². The molecule has 1 aromatic heterocycles. The second-order valence-electron chi connectivity index (χ2n) is 7.89. The van der Waals surface area contributed by atoms with Crippen molar-refractivity contribution in [3.05, 3.63) is 36.4 Å². The zero-order chi connectivity index (χ0) is 19.7. The first kappa shape index (κ1) is 18.8. The quantitative estimate of drug-likeness (QED) is 0.647. The molecule has 28 heavy (non-hydrogen) atoms. The van der Waals surface area contributed by atoms with Crippen LogP contribution in [0.2, 0.25) is 0 Å². The lowest BCUT2D eigenvalue weighted by Crippen LogP contribution is -2.47. The molecule has 1 aliphatic carbocycles. The molecule has 0 unspecified atom stereocenters. The fraction of sp³-hybridized carbons (Fsp3) is 0.435. The lowest BCUT2D eigenvalue weighted by atomic mass is 9.85. The molecule has 4 rings (SSSR count). The summed E-state index contributed by atoms with van der Waals surface area (Å²) in [4.78, 5) is 12.8. The summed E-state index contributed by atoms with van der Waals surface area (Å²) in [5.74, 6) is 1.17. The van der Waals surface area contributed by atoms with Gasteiger partial charge in [-0.05, 0) is 37.8 Å². The van der Waals surface area contributed by atoms with Gasteiger partial charge in [-0.15, -0.1) is 0 Å².